The van der Waals surface area contributed by atoms with Crippen molar-refractivity contribution in [2.45, 2.75) is 19.9 Å². The van der Waals surface area contributed by atoms with E-state index in [0.29, 0.717) is 18.0 Å². The Balaban J connectivity index is 2.21. The van der Waals surface area contributed by atoms with E-state index in [1.165, 1.54) is 6.07 Å². The lowest BCUT2D eigenvalue weighted by molar-refractivity contribution is 0.625. The number of nitrogens with zero attached hydrogens (tertiary/aromatic N) is 1. The minimum atomic E-state index is -0.203. The molecule has 2 nitrogen and oxygen atoms in total. The minimum Gasteiger partial charge on any atom is -0.393 e. The Morgan fingerprint density at radius 1 is 1.19 bits per heavy atom. The number of aryl methyl sites for hydroxylation is 1. The van der Waals surface area contributed by atoms with Crippen molar-refractivity contribution in [2.24, 2.45) is 5.73 Å². The maximum atomic E-state index is 13.2. The second-order valence-electron chi connectivity index (χ2n) is 5.04. The van der Waals surface area contributed by atoms with Crippen molar-refractivity contribution in [3.63, 3.8) is 0 Å². The van der Waals surface area contributed by atoms with Crippen LogP contribution in [-0.4, -0.2) is 11.5 Å². The first kappa shape index (κ1) is 15.4. The van der Waals surface area contributed by atoms with Crippen LogP contribution in [0.2, 0.25) is 0 Å². The SMILES string of the molecule is Cc1cc(F)ccc1CN(CCC(N)=S)c1ccccc1. The Bertz CT molecular complexity index is 613. The molecular weight excluding hydrogens is 283 g/mol. The summed E-state index contributed by atoms with van der Waals surface area (Å²) in [7, 11) is 0. The quantitative estimate of drug-likeness (QED) is 0.823. The van der Waals surface area contributed by atoms with E-state index in [4.69, 9.17) is 18.0 Å². The van der Waals surface area contributed by atoms with Gasteiger partial charge in [0.2, 0.25) is 0 Å². The third kappa shape index (κ3) is 4.53. The minimum absolute atomic E-state index is 0.203. The lowest BCUT2D eigenvalue weighted by atomic mass is 10.1. The second kappa shape index (κ2) is 7.18. The van der Waals surface area contributed by atoms with Crippen LogP contribution in [0.5, 0.6) is 0 Å². The number of hydrogen-bond acceptors (Lipinski definition) is 2. The Morgan fingerprint density at radius 3 is 2.52 bits per heavy atom. The summed E-state index contributed by atoms with van der Waals surface area (Å²) in [5.74, 6) is -0.203. The normalized spacial score (nSPS) is 10.4. The Kier molecular flexibility index (Phi) is 5.28. The van der Waals surface area contributed by atoms with Gasteiger partial charge in [0.1, 0.15) is 5.82 Å². The van der Waals surface area contributed by atoms with E-state index in [2.05, 4.69) is 17.0 Å². The molecule has 0 radical (unpaired) electrons. The highest BCUT2D eigenvalue weighted by Crippen LogP contribution is 2.19. The van der Waals surface area contributed by atoms with Gasteiger partial charge in [0.15, 0.2) is 0 Å². The molecule has 0 spiro atoms. The van der Waals surface area contributed by atoms with Crippen LogP contribution in [0.3, 0.4) is 0 Å². The van der Waals surface area contributed by atoms with Gasteiger partial charge in [0, 0.05) is 25.2 Å². The average Bonchev–Trinajstić information content (AvgIpc) is 2.46. The van der Waals surface area contributed by atoms with Gasteiger partial charge in [-0.3, -0.25) is 0 Å². The molecule has 2 N–H and O–H groups in total. The number of hydrogen-bond donors (Lipinski definition) is 1. The Labute approximate surface area is 130 Å². The molecule has 0 aliphatic heterocycles. The van der Waals surface area contributed by atoms with E-state index in [0.717, 1.165) is 23.4 Å². The molecule has 0 amide bonds. The molecule has 0 bridgehead atoms. The fourth-order valence-corrected chi connectivity index (χ4v) is 2.32. The molecule has 0 atom stereocenters. The largest absolute Gasteiger partial charge is 0.393 e. The molecule has 2 aromatic rings. The molecule has 0 saturated carbocycles. The molecule has 2 rings (SSSR count). The summed E-state index contributed by atoms with van der Waals surface area (Å²) in [5, 5.41) is 0. The van der Waals surface area contributed by atoms with Crippen molar-refractivity contribution in [1.82, 2.24) is 0 Å². The first-order chi connectivity index (χ1) is 10.1. The van der Waals surface area contributed by atoms with Crippen LogP contribution in [0.1, 0.15) is 17.5 Å². The summed E-state index contributed by atoms with van der Waals surface area (Å²) in [6.45, 7) is 3.38. The van der Waals surface area contributed by atoms with Crippen molar-refractivity contribution in [1.29, 1.82) is 0 Å². The van der Waals surface area contributed by atoms with E-state index in [1.54, 1.807) is 6.07 Å². The third-order valence-corrected chi connectivity index (χ3v) is 3.62. The molecule has 0 aromatic heterocycles. The summed E-state index contributed by atoms with van der Waals surface area (Å²) < 4.78 is 13.2. The lowest BCUT2D eigenvalue weighted by Crippen LogP contribution is -2.27. The molecule has 0 unspecified atom stereocenters. The van der Waals surface area contributed by atoms with Crippen LogP contribution in [0.15, 0.2) is 48.5 Å². The molecule has 0 aliphatic carbocycles. The van der Waals surface area contributed by atoms with Crippen LogP contribution in [0, 0.1) is 12.7 Å². The molecule has 0 heterocycles. The fourth-order valence-electron chi connectivity index (χ4n) is 2.23. The molecular formula is C17H19FN2S. The van der Waals surface area contributed by atoms with Gasteiger partial charge < -0.3 is 10.6 Å². The number of nitrogens with two attached hydrogens (primary N) is 1. The number of rotatable bonds is 6. The highest BCUT2D eigenvalue weighted by molar-refractivity contribution is 7.80. The molecule has 0 saturated heterocycles. The van der Waals surface area contributed by atoms with Crippen LogP contribution in [0.25, 0.3) is 0 Å². The molecule has 4 heteroatoms. The summed E-state index contributed by atoms with van der Waals surface area (Å²) in [5.41, 5.74) is 8.78. The van der Waals surface area contributed by atoms with E-state index in [1.807, 2.05) is 31.2 Å². The first-order valence-electron chi connectivity index (χ1n) is 6.89. The van der Waals surface area contributed by atoms with Crippen molar-refractivity contribution < 1.29 is 4.39 Å². The predicted octanol–water partition coefficient (Wildman–Crippen LogP) is 3.82. The van der Waals surface area contributed by atoms with Gasteiger partial charge in [-0.15, -0.1) is 0 Å². The number of para-hydroxylation sites is 1. The number of anilines is 1. The van der Waals surface area contributed by atoms with Crippen LogP contribution < -0.4 is 10.6 Å². The van der Waals surface area contributed by atoms with Gasteiger partial charge in [-0.05, 0) is 42.3 Å². The molecule has 110 valence electrons. The number of halogens is 1. The van der Waals surface area contributed by atoms with E-state index in [9.17, 15) is 4.39 Å². The highest BCUT2D eigenvalue weighted by atomic mass is 32.1. The van der Waals surface area contributed by atoms with E-state index < -0.39 is 0 Å². The van der Waals surface area contributed by atoms with E-state index >= 15 is 0 Å². The third-order valence-electron chi connectivity index (χ3n) is 3.42. The van der Waals surface area contributed by atoms with Crippen LogP contribution in [-0.2, 0) is 6.54 Å². The zero-order valence-corrected chi connectivity index (χ0v) is 12.9. The molecule has 21 heavy (non-hydrogen) atoms. The standard InChI is InChI=1S/C17H19FN2S/c1-13-11-15(18)8-7-14(13)12-20(10-9-17(19)21)16-5-3-2-4-6-16/h2-8,11H,9-10,12H2,1H3,(H2,19,21). The van der Waals surface area contributed by atoms with Gasteiger partial charge in [-0.2, -0.15) is 0 Å². The zero-order valence-electron chi connectivity index (χ0n) is 12.1. The smallest absolute Gasteiger partial charge is 0.123 e. The van der Waals surface area contributed by atoms with E-state index in [-0.39, 0.29) is 5.82 Å². The number of benzene rings is 2. The average molecular weight is 302 g/mol. The monoisotopic (exact) mass is 302 g/mol. The van der Waals surface area contributed by atoms with Crippen molar-refractivity contribution in [3.8, 4) is 0 Å². The van der Waals surface area contributed by atoms with Gasteiger partial charge in [-0.1, -0.05) is 36.5 Å². The summed E-state index contributed by atoms with van der Waals surface area (Å²) in [6.07, 6.45) is 0.657. The summed E-state index contributed by atoms with van der Waals surface area (Å²) >= 11 is 4.97. The lowest BCUT2D eigenvalue weighted by Gasteiger charge is -2.25. The van der Waals surface area contributed by atoms with Crippen LogP contribution in [0.4, 0.5) is 10.1 Å². The van der Waals surface area contributed by atoms with Gasteiger partial charge in [-0.25, -0.2) is 4.39 Å². The summed E-state index contributed by atoms with van der Waals surface area (Å²) in [4.78, 5) is 2.71. The maximum absolute atomic E-state index is 13.2. The zero-order chi connectivity index (χ0) is 15.2. The van der Waals surface area contributed by atoms with Gasteiger partial charge in [0.05, 0.1) is 4.99 Å². The highest BCUT2D eigenvalue weighted by Gasteiger charge is 2.09. The molecule has 0 aliphatic rings. The van der Waals surface area contributed by atoms with Crippen molar-refractivity contribution in [3.05, 3.63) is 65.5 Å². The number of thiocarbonyl (C=S) groups is 1. The second-order valence-corrected chi connectivity index (χ2v) is 5.57. The van der Waals surface area contributed by atoms with Crippen molar-refractivity contribution >= 4 is 22.9 Å². The molecule has 0 fully saturated rings. The Hall–Kier alpha value is -1.94. The van der Waals surface area contributed by atoms with Gasteiger partial charge >= 0.3 is 0 Å². The first-order valence-corrected chi connectivity index (χ1v) is 7.30. The van der Waals surface area contributed by atoms with Crippen molar-refractivity contribution in [2.75, 3.05) is 11.4 Å². The summed E-state index contributed by atoms with van der Waals surface area (Å²) in [6, 6.07) is 15.0. The maximum Gasteiger partial charge on any atom is 0.123 e. The molecule has 2 aromatic carbocycles. The van der Waals surface area contributed by atoms with Crippen LogP contribution >= 0.6 is 12.2 Å². The Morgan fingerprint density at radius 2 is 1.90 bits per heavy atom. The fraction of sp³-hybridized carbons (Fsp3) is 0.235. The van der Waals surface area contributed by atoms with Gasteiger partial charge in [0.25, 0.3) is 0 Å². The predicted molar refractivity (Wildman–Crippen MR) is 90.0 cm³/mol. The topological polar surface area (TPSA) is 29.3 Å².